The second-order valence-corrected chi connectivity index (χ2v) is 2.48. The summed E-state index contributed by atoms with van der Waals surface area (Å²) in [5.41, 5.74) is 0. The van der Waals surface area contributed by atoms with E-state index in [0.29, 0.717) is 6.42 Å². The Morgan fingerprint density at radius 3 is 2.40 bits per heavy atom. The first-order chi connectivity index (χ1) is 4.59. The Labute approximate surface area is 60.7 Å². The second-order valence-electron chi connectivity index (χ2n) is 2.48. The molecule has 0 aliphatic carbocycles. The van der Waals surface area contributed by atoms with Crippen molar-refractivity contribution < 1.29 is 15.0 Å². The van der Waals surface area contributed by atoms with Crippen molar-refractivity contribution in [3.8, 4) is 0 Å². The van der Waals surface area contributed by atoms with E-state index in [9.17, 15) is 4.79 Å². The monoisotopic (exact) mass is 146 g/mol. The Balaban J connectivity index is 3.69. The van der Waals surface area contributed by atoms with Crippen LogP contribution in [0.4, 0.5) is 0 Å². The van der Waals surface area contributed by atoms with Gasteiger partial charge in [0.1, 0.15) is 0 Å². The average Bonchev–Trinajstić information content (AvgIpc) is 1.87. The molecule has 10 heavy (non-hydrogen) atoms. The van der Waals surface area contributed by atoms with E-state index >= 15 is 0 Å². The number of carboxylic acid groups (broad SMARTS) is 1. The molecule has 0 aromatic rings. The van der Waals surface area contributed by atoms with Crippen molar-refractivity contribution in [2.75, 3.05) is 0 Å². The lowest BCUT2D eigenvalue weighted by Gasteiger charge is -2.12. The van der Waals surface area contributed by atoms with Crippen LogP contribution in [0.3, 0.4) is 0 Å². The highest BCUT2D eigenvalue weighted by atomic mass is 16.4. The molecule has 0 saturated carbocycles. The van der Waals surface area contributed by atoms with Crippen LogP contribution in [0.1, 0.15) is 26.7 Å². The van der Waals surface area contributed by atoms with Gasteiger partial charge in [-0.25, -0.2) is 0 Å². The quantitative estimate of drug-likeness (QED) is 0.618. The molecule has 0 bridgehead atoms. The molecule has 0 fully saturated rings. The van der Waals surface area contributed by atoms with Gasteiger partial charge in [0.15, 0.2) is 0 Å². The van der Waals surface area contributed by atoms with Gasteiger partial charge in [-0.2, -0.15) is 0 Å². The molecule has 2 unspecified atom stereocenters. The maximum absolute atomic E-state index is 10.3. The molecular formula is C7H14O3. The first-order valence-corrected chi connectivity index (χ1v) is 3.50. The largest absolute Gasteiger partial charge is 0.481 e. The average molecular weight is 146 g/mol. The SMILES string of the molecule is CCCC(O)C(C)C(=O)O. The molecule has 0 aliphatic rings. The predicted molar refractivity (Wildman–Crippen MR) is 37.7 cm³/mol. The molecule has 0 aromatic heterocycles. The first-order valence-electron chi connectivity index (χ1n) is 3.50. The number of rotatable bonds is 4. The number of carboxylic acids is 1. The third kappa shape index (κ3) is 2.82. The zero-order valence-electron chi connectivity index (χ0n) is 6.37. The van der Waals surface area contributed by atoms with Gasteiger partial charge >= 0.3 is 5.97 Å². The third-order valence-corrected chi connectivity index (χ3v) is 1.55. The van der Waals surface area contributed by atoms with E-state index in [2.05, 4.69) is 0 Å². The maximum Gasteiger partial charge on any atom is 0.308 e. The van der Waals surface area contributed by atoms with Gasteiger partial charge in [0, 0.05) is 0 Å². The molecule has 3 nitrogen and oxygen atoms in total. The lowest BCUT2D eigenvalue weighted by atomic mass is 10.0. The highest BCUT2D eigenvalue weighted by molar-refractivity contribution is 5.70. The number of aliphatic carboxylic acids is 1. The molecule has 0 rings (SSSR count). The Morgan fingerprint density at radius 2 is 2.10 bits per heavy atom. The highest BCUT2D eigenvalue weighted by Crippen LogP contribution is 2.08. The number of aliphatic hydroxyl groups excluding tert-OH is 1. The maximum atomic E-state index is 10.3. The summed E-state index contributed by atoms with van der Waals surface area (Å²) in [5.74, 6) is -1.57. The van der Waals surface area contributed by atoms with Crippen LogP contribution >= 0.6 is 0 Å². The molecule has 0 radical (unpaired) electrons. The molecule has 0 heterocycles. The van der Waals surface area contributed by atoms with Gasteiger partial charge < -0.3 is 10.2 Å². The van der Waals surface area contributed by atoms with Crippen molar-refractivity contribution >= 4 is 5.97 Å². The zero-order valence-corrected chi connectivity index (χ0v) is 6.37. The molecule has 0 saturated heterocycles. The second kappa shape index (κ2) is 4.28. The van der Waals surface area contributed by atoms with Gasteiger partial charge in [-0.1, -0.05) is 13.3 Å². The molecule has 60 valence electrons. The summed E-state index contributed by atoms with van der Waals surface area (Å²) in [6.45, 7) is 3.43. The summed E-state index contributed by atoms with van der Waals surface area (Å²) in [7, 11) is 0. The van der Waals surface area contributed by atoms with Gasteiger partial charge in [-0.15, -0.1) is 0 Å². The summed E-state index contributed by atoms with van der Waals surface area (Å²) in [6, 6.07) is 0. The minimum Gasteiger partial charge on any atom is -0.481 e. The highest BCUT2D eigenvalue weighted by Gasteiger charge is 2.19. The van der Waals surface area contributed by atoms with E-state index < -0.39 is 18.0 Å². The number of carbonyl (C=O) groups is 1. The Kier molecular flexibility index (Phi) is 4.03. The fourth-order valence-electron chi connectivity index (χ4n) is 0.710. The minimum atomic E-state index is -0.930. The number of aliphatic hydroxyl groups is 1. The van der Waals surface area contributed by atoms with Crippen LogP contribution in [-0.4, -0.2) is 22.3 Å². The van der Waals surface area contributed by atoms with Gasteiger partial charge in [0.05, 0.1) is 12.0 Å². The van der Waals surface area contributed by atoms with Crippen LogP contribution < -0.4 is 0 Å². The van der Waals surface area contributed by atoms with Crippen molar-refractivity contribution in [1.29, 1.82) is 0 Å². The standard InChI is InChI=1S/C7H14O3/c1-3-4-6(8)5(2)7(9)10/h5-6,8H,3-4H2,1-2H3,(H,9,10). The summed E-state index contributed by atoms with van der Waals surface area (Å²) in [5, 5.41) is 17.5. The number of hydrogen-bond donors (Lipinski definition) is 2. The lowest BCUT2D eigenvalue weighted by Crippen LogP contribution is -2.24. The molecule has 2 atom stereocenters. The van der Waals surface area contributed by atoms with E-state index in [-0.39, 0.29) is 0 Å². The smallest absolute Gasteiger partial charge is 0.308 e. The first kappa shape index (κ1) is 9.43. The molecular weight excluding hydrogens is 132 g/mol. The van der Waals surface area contributed by atoms with Crippen molar-refractivity contribution in [3.63, 3.8) is 0 Å². The summed E-state index contributed by atoms with van der Waals surface area (Å²) >= 11 is 0. The predicted octanol–water partition coefficient (Wildman–Crippen LogP) is 0.868. The Hall–Kier alpha value is -0.570. The molecule has 2 N–H and O–H groups in total. The third-order valence-electron chi connectivity index (χ3n) is 1.55. The van der Waals surface area contributed by atoms with Gasteiger partial charge in [0.25, 0.3) is 0 Å². The lowest BCUT2D eigenvalue weighted by molar-refractivity contribution is -0.144. The van der Waals surface area contributed by atoms with Gasteiger partial charge in [-0.3, -0.25) is 4.79 Å². The van der Waals surface area contributed by atoms with Crippen LogP contribution in [0.25, 0.3) is 0 Å². The van der Waals surface area contributed by atoms with Crippen LogP contribution in [0.2, 0.25) is 0 Å². The van der Waals surface area contributed by atoms with Crippen LogP contribution in [-0.2, 0) is 4.79 Å². The minimum absolute atomic E-state index is 0.563. The number of hydrogen-bond acceptors (Lipinski definition) is 2. The molecule has 0 aromatic carbocycles. The van der Waals surface area contributed by atoms with Crippen molar-refractivity contribution in [3.05, 3.63) is 0 Å². The van der Waals surface area contributed by atoms with E-state index in [1.165, 1.54) is 6.92 Å². The normalized spacial score (nSPS) is 16.3. The Bertz CT molecular complexity index is 111. The van der Waals surface area contributed by atoms with E-state index in [1.54, 1.807) is 0 Å². The fourth-order valence-corrected chi connectivity index (χ4v) is 0.710. The summed E-state index contributed by atoms with van der Waals surface area (Å²) in [4.78, 5) is 10.3. The van der Waals surface area contributed by atoms with Crippen LogP contribution in [0.5, 0.6) is 0 Å². The van der Waals surface area contributed by atoms with Crippen LogP contribution in [0, 0.1) is 5.92 Å². The zero-order chi connectivity index (χ0) is 8.15. The van der Waals surface area contributed by atoms with Gasteiger partial charge in [0.2, 0.25) is 0 Å². The molecule has 0 spiro atoms. The molecule has 0 amide bonds. The Morgan fingerprint density at radius 1 is 1.60 bits per heavy atom. The topological polar surface area (TPSA) is 57.5 Å². The van der Waals surface area contributed by atoms with E-state index in [0.717, 1.165) is 6.42 Å². The van der Waals surface area contributed by atoms with Crippen molar-refractivity contribution in [2.24, 2.45) is 5.92 Å². The fraction of sp³-hybridized carbons (Fsp3) is 0.857. The van der Waals surface area contributed by atoms with Crippen molar-refractivity contribution in [2.45, 2.75) is 32.8 Å². The van der Waals surface area contributed by atoms with Gasteiger partial charge in [-0.05, 0) is 13.3 Å². The van der Waals surface area contributed by atoms with E-state index in [4.69, 9.17) is 10.2 Å². The summed E-state index contributed by atoms with van der Waals surface area (Å²) in [6.07, 6.45) is 0.689. The van der Waals surface area contributed by atoms with Crippen molar-refractivity contribution in [1.82, 2.24) is 0 Å². The van der Waals surface area contributed by atoms with Crippen LogP contribution in [0.15, 0.2) is 0 Å². The van der Waals surface area contributed by atoms with E-state index in [1.807, 2.05) is 6.92 Å². The molecule has 3 heteroatoms. The summed E-state index contributed by atoms with van der Waals surface area (Å²) < 4.78 is 0. The molecule has 0 aliphatic heterocycles.